The van der Waals surface area contributed by atoms with Gasteiger partial charge in [-0.1, -0.05) is 23.2 Å². The van der Waals surface area contributed by atoms with E-state index in [2.05, 4.69) is 0 Å². The van der Waals surface area contributed by atoms with Crippen LogP contribution in [0.3, 0.4) is 0 Å². The lowest BCUT2D eigenvalue weighted by atomic mass is 10.1. The Morgan fingerprint density at radius 3 is 2.62 bits per heavy atom. The highest BCUT2D eigenvalue weighted by molar-refractivity contribution is 6.36. The Hall–Kier alpha value is -0.990. The van der Waals surface area contributed by atoms with Gasteiger partial charge < -0.3 is 4.90 Å². The molecule has 0 fully saturated rings. The molecule has 0 amide bonds. The Labute approximate surface area is 104 Å². The Balaban J connectivity index is 2.50. The molecule has 0 unspecified atom stereocenters. The van der Waals surface area contributed by atoms with Crippen LogP contribution >= 0.6 is 23.2 Å². The van der Waals surface area contributed by atoms with Gasteiger partial charge in [-0.2, -0.15) is 0 Å². The van der Waals surface area contributed by atoms with E-state index in [0.29, 0.717) is 22.0 Å². The summed E-state index contributed by atoms with van der Waals surface area (Å²) < 4.78 is 0. The summed E-state index contributed by atoms with van der Waals surface area (Å²) in [7, 11) is 3.77. The fourth-order valence-electron chi connectivity index (χ4n) is 1.85. The van der Waals surface area contributed by atoms with Gasteiger partial charge in [0.15, 0.2) is 5.78 Å². The van der Waals surface area contributed by atoms with Crippen LogP contribution in [0.4, 0.5) is 0 Å². The monoisotopic (exact) mass is 255 g/mol. The largest absolute Gasteiger partial charge is 0.383 e. The molecule has 0 bridgehead atoms. The number of fused-ring (bicyclic) bond motifs is 1. The standard InChI is InChI=1S/C12H11Cl2NO/c1-15(2)6-7-3-9-10(12(7)16)4-8(13)5-11(9)14/h4-6H,3H2,1-2H3/b7-6+. The van der Waals surface area contributed by atoms with Crippen molar-refractivity contribution < 1.29 is 4.79 Å². The van der Waals surface area contributed by atoms with Gasteiger partial charge in [-0.05, 0) is 17.7 Å². The zero-order chi connectivity index (χ0) is 11.9. The van der Waals surface area contributed by atoms with Crippen molar-refractivity contribution in [3.63, 3.8) is 0 Å². The topological polar surface area (TPSA) is 20.3 Å². The van der Waals surface area contributed by atoms with Crippen molar-refractivity contribution in [2.45, 2.75) is 6.42 Å². The number of rotatable bonds is 1. The van der Waals surface area contributed by atoms with Crippen LogP contribution in [0.2, 0.25) is 10.0 Å². The van der Waals surface area contributed by atoms with Crippen molar-refractivity contribution in [1.82, 2.24) is 4.90 Å². The minimum Gasteiger partial charge on any atom is -0.383 e. The summed E-state index contributed by atoms with van der Waals surface area (Å²) in [4.78, 5) is 13.9. The molecule has 4 heteroatoms. The molecular weight excluding hydrogens is 245 g/mol. The molecule has 16 heavy (non-hydrogen) atoms. The molecule has 1 aliphatic rings. The number of halogens is 2. The lowest BCUT2D eigenvalue weighted by Gasteiger charge is -2.05. The van der Waals surface area contributed by atoms with Crippen LogP contribution in [-0.4, -0.2) is 24.8 Å². The average molecular weight is 256 g/mol. The first-order valence-electron chi connectivity index (χ1n) is 4.89. The molecule has 0 spiro atoms. The maximum atomic E-state index is 12.0. The van der Waals surface area contributed by atoms with Crippen molar-refractivity contribution in [3.8, 4) is 0 Å². The minimum atomic E-state index is 0.0214. The summed E-state index contributed by atoms with van der Waals surface area (Å²) in [5.41, 5.74) is 2.26. The fraction of sp³-hybridized carbons (Fsp3) is 0.250. The number of allylic oxidation sites excluding steroid dienone is 1. The van der Waals surface area contributed by atoms with E-state index < -0.39 is 0 Å². The van der Waals surface area contributed by atoms with E-state index in [1.54, 1.807) is 12.1 Å². The van der Waals surface area contributed by atoms with E-state index in [9.17, 15) is 4.79 Å². The summed E-state index contributed by atoms with van der Waals surface area (Å²) in [5, 5.41) is 1.07. The molecule has 0 aliphatic heterocycles. The second kappa shape index (κ2) is 4.11. The first kappa shape index (κ1) is 11.5. The maximum Gasteiger partial charge on any atom is 0.191 e. The van der Waals surface area contributed by atoms with Crippen molar-refractivity contribution in [1.29, 1.82) is 0 Å². The van der Waals surface area contributed by atoms with E-state index in [1.807, 2.05) is 25.2 Å². The minimum absolute atomic E-state index is 0.0214. The second-order valence-corrected chi connectivity index (χ2v) is 4.88. The highest BCUT2D eigenvalue weighted by Gasteiger charge is 2.27. The maximum absolute atomic E-state index is 12.0. The average Bonchev–Trinajstić information content (AvgIpc) is 2.45. The number of hydrogen-bond acceptors (Lipinski definition) is 2. The molecule has 0 saturated carbocycles. The predicted octanol–water partition coefficient (Wildman–Crippen LogP) is 3.18. The molecule has 1 aromatic carbocycles. The first-order valence-corrected chi connectivity index (χ1v) is 5.64. The Bertz CT molecular complexity index is 492. The van der Waals surface area contributed by atoms with Crippen LogP contribution < -0.4 is 0 Å². The van der Waals surface area contributed by atoms with Gasteiger partial charge in [-0.25, -0.2) is 0 Å². The van der Waals surface area contributed by atoms with Gasteiger partial charge >= 0.3 is 0 Å². The van der Waals surface area contributed by atoms with Crippen LogP contribution in [0.1, 0.15) is 15.9 Å². The number of hydrogen-bond donors (Lipinski definition) is 0. The van der Waals surface area contributed by atoms with Gasteiger partial charge in [0.2, 0.25) is 0 Å². The Morgan fingerprint density at radius 1 is 1.31 bits per heavy atom. The van der Waals surface area contributed by atoms with Gasteiger partial charge in [-0.15, -0.1) is 0 Å². The van der Waals surface area contributed by atoms with E-state index in [0.717, 1.165) is 11.1 Å². The fourth-order valence-corrected chi connectivity index (χ4v) is 2.41. The van der Waals surface area contributed by atoms with Gasteiger partial charge in [0, 0.05) is 47.9 Å². The SMILES string of the molecule is CN(C)/C=C1\Cc2c(Cl)cc(Cl)cc2C1=O. The first-order chi connectivity index (χ1) is 7.49. The van der Waals surface area contributed by atoms with Gasteiger partial charge in [0.25, 0.3) is 0 Å². The summed E-state index contributed by atoms with van der Waals surface area (Å²) in [5.74, 6) is 0.0214. The summed E-state index contributed by atoms with van der Waals surface area (Å²) in [6.07, 6.45) is 2.41. The van der Waals surface area contributed by atoms with Crippen LogP contribution in [0, 0.1) is 0 Å². The van der Waals surface area contributed by atoms with Crippen molar-refractivity contribution in [3.05, 3.63) is 45.1 Å². The van der Waals surface area contributed by atoms with Gasteiger partial charge in [0.1, 0.15) is 0 Å². The number of benzene rings is 1. The van der Waals surface area contributed by atoms with Crippen LogP contribution in [0.25, 0.3) is 0 Å². The third kappa shape index (κ3) is 1.95. The van der Waals surface area contributed by atoms with E-state index in [-0.39, 0.29) is 5.78 Å². The lowest BCUT2D eigenvalue weighted by molar-refractivity contribution is 0.103. The van der Waals surface area contributed by atoms with Crippen LogP contribution in [-0.2, 0) is 6.42 Å². The molecule has 0 N–H and O–H groups in total. The number of nitrogens with zero attached hydrogens (tertiary/aromatic N) is 1. The number of Topliss-reactive ketones (excluding diaryl/α,β-unsaturated/α-hetero) is 1. The summed E-state index contributed by atoms with van der Waals surface area (Å²) in [6, 6.07) is 3.36. The molecule has 1 aromatic rings. The van der Waals surface area contributed by atoms with E-state index >= 15 is 0 Å². The summed E-state index contributed by atoms with van der Waals surface area (Å²) >= 11 is 11.9. The van der Waals surface area contributed by atoms with Crippen molar-refractivity contribution >= 4 is 29.0 Å². The molecule has 0 saturated heterocycles. The van der Waals surface area contributed by atoms with Gasteiger partial charge in [0.05, 0.1) is 0 Å². The van der Waals surface area contributed by atoms with Gasteiger partial charge in [-0.3, -0.25) is 4.79 Å². The van der Waals surface area contributed by atoms with E-state index in [1.165, 1.54) is 0 Å². The predicted molar refractivity (Wildman–Crippen MR) is 66.3 cm³/mol. The molecule has 1 aliphatic carbocycles. The van der Waals surface area contributed by atoms with Crippen LogP contribution in [0.15, 0.2) is 23.9 Å². The number of carbonyl (C=O) groups excluding carboxylic acids is 1. The normalized spacial score (nSPS) is 16.8. The highest BCUT2D eigenvalue weighted by atomic mass is 35.5. The highest BCUT2D eigenvalue weighted by Crippen LogP contribution is 2.34. The molecule has 0 aromatic heterocycles. The Morgan fingerprint density at radius 2 is 2.00 bits per heavy atom. The third-order valence-electron chi connectivity index (χ3n) is 2.48. The molecular formula is C12H11Cl2NO. The van der Waals surface area contributed by atoms with Crippen molar-refractivity contribution in [2.75, 3.05) is 14.1 Å². The lowest BCUT2D eigenvalue weighted by Crippen LogP contribution is -2.06. The third-order valence-corrected chi connectivity index (χ3v) is 3.03. The van der Waals surface area contributed by atoms with E-state index in [4.69, 9.17) is 23.2 Å². The quantitative estimate of drug-likeness (QED) is 0.719. The van der Waals surface area contributed by atoms with Crippen LogP contribution in [0.5, 0.6) is 0 Å². The second-order valence-electron chi connectivity index (χ2n) is 4.04. The molecule has 2 rings (SSSR count). The molecule has 2 nitrogen and oxygen atoms in total. The molecule has 0 atom stereocenters. The number of carbonyl (C=O) groups is 1. The molecule has 0 radical (unpaired) electrons. The molecule has 84 valence electrons. The Kier molecular flexibility index (Phi) is 2.96. The zero-order valence-electron chi connectivity index (χ0n) is 9.05. The molecule has 0 heterocycles. The smallest absolute Gasteiger partial charge is 0.191 e. The van der Waals surface area contributed by atoms with Crippen molar-refractivity contribution in [2.24, 2.45) is 0 Å². The zero-order valence-corrected chi connectivity index (χ0v) is 10.6. The summed E-state index contributed by atoms with van der Waals surface area (Å²) in [6.45, 7) is 0. The number of ketones is 1.